The van der Waals surface area contributed by atoms with Crippen LogP contribution in [0.3, 0.4) is 0 Å². The summed E-state index contributed by atoms with van der Waals surface area (Å²) in [6, 6.07) is 17.0. The summed E-state index contributed by atoms with van der Waals surface area (Å²) < 4.78 is 0. The zero-order valence-electron chi connectivity index (χ0n) is 11.2. The lowest BCUT2D eigenvalue weighted by Gasteiger charge is -2.11. The average Bonchev–Trinajstić information content (AvgIpc) is 2.89. The number of aliphatic imine (C=N–C) groups is 1. The van der Waals surface area contributed by atoms with Crippen LogP contribution < -0.4 is 0 Å². The van der Waals surface area contributed by atoms with Gasteiger partial charge in [0.25, 0.3) is 0 Å². The summed E-state index contributed by atoms with van der Waals surface area (Å²) >= 11 is 0. The fraction of sp³-hybridized carbons (Fsp3) is 0.118. The number of hydrogen-bond donors (Lipinski definition) is 1. The van der Waals surface area contributed by atoms with Gasteiger partial charge < -0.3 is 0 Å². The Morgan fingerprint density at radius 1 is 0.842 bits per heavy atom. The van der Waals surface area contributed by atoms with E-state index in [9.17, 15) is 0 Å². The quantitative estimate of drug-likeness (QED) is 0.757. The molecule has 0 N–H and O–H groups in total. The molecule has 1 aliphatic rings. The van der Waals surface area contributed by atoms with Gasteiger partial charge in [-0.3, -0.25) is 4.99 Å². The molecule has 0 amide bonds. The van der Waals surface area contributed by atoms with Gasteiger partial charge in [0.05, 0.1) is 5.70 Å². The highest BCUT2D eigenvalue weighted by molar-refractivity contribution is 8.31. The molecule has 1 atom stereocenters. The molecule has 0 saturated heterocycles. The molecule has 2 heteroatoms. The molecular formula is C17H17NS. The lowest BCUT2D eigenvalue weighted by atomic mass is 10.1. The fourth-order valence-electron chi connectivity index (χ4n) is 2.31. The Hall–Kier alpha value is -1.80. The molecule has 0 aliphatic carbocycles. The molecule has 0 radical (unpaired) electrons. The molecular weight excluding hydrogens is 250 g/mol. The van der Waals surface area contributed by atoms with Gasteiger partial charge in [0.15, 0.2) is 0 Å². The van der Waals surface area contributed by atoms with Gasteiger partial charge in [0, 0.05) is 11.1 Å². The highest BCUT2D eigenvalue weighted by atomic mass is 32.2. The van der Waals surface area contributed by atoms with Gasteiger partial charge in [-0.15, -0.1) is 0 Å². The maximum absolute atomic E-state index is 4.63. The zero-order valence-corrected chi connectivity index (χ0v) is 12.1. The molecule has 1 unspecified atom stereocenters. The minimum absolute atomic E-state index is 0.390. The van der Waals surface area contributed by atoms with Crippen molar-refractivity contribution in [2.75, 3.05) is 0 Å². The van der Waals surface area contributed by atoms with Crippen LogP contribution in [0.4, 0.5) is 0 Å². The van der Waals surface area contributed by atoms with Crippen LogP contribution >= 0.6 is 10.9 Å². The Morgan fingerprint density at radius 2 is 1.53 bits per heavy atom. The van der Waals surface area contributed by atoms with E-state index in [-0.39, 0.29) is 0 Å². The maximum atomic E-state index is 4.63. The summed E-state index contributed by atoms with van der Waals surface area (Å²) in [5.74, 6) is 0. The number of thiol groups is 1. The molecule has 2 aromatic rings. The second kappa shape index (κ2) is 5.06. The van der Waals surface area contributed by atoms with Crippen molar-refractivity contribution in [3.8, 4) is 0 Å². The van der Waals surface area contributed by atoms with Gasteiger partial charge in [-0.2, -0.15) is 10.9 Å². The molecule has 0 spiro atoms. The molecule has 0 aromatic heterocycles. The molecule has 0 bridgehead atoms. The predicted molar refractivity (Wildman–Crippen MR) is 86.1 cm³/mol. The van der Waals surface area contributed by atoms with Crippen molar-refractivity contribution in [1.29, 1.82) is 0 Å². The van der Waals surface area contributed by atoms with Gasteiger partial charge in [-0.25, -0.2) is 0 Å². The van der Waals surface area contributed by atoms with Crippen molar-refractivity contribution in [3.05, 3.63) is 70.6 Å². The fourth-order valence-corrected chi connectivity index (χ4v) is 4.10. The van der Waals surface area contributed by atoms with Crippen LogP contribution in [0.5, 0.6) is 0 Å². The van der Waals surface area contributed by atoms with Gasteiger partial charge in [0.1, 0.15) is 0 Å². The summed E-state index contributed by atoms with van der Waals surface area (Å²) in [6.07, 6.45) is 0. The molecule has 0 fully saturated rings. The normalized spacial score (nSPS) is 19.5. The third kappa shape index (κ3) is 2.36. The van der Waals surface area contributed by atoms with Crippen LogP contribution in [0, 0.1) is 13.8 Å². The maximum Gasteiger partial charge on any atom is 0.0762 e. The monoisotopic (exact) mass is 267 g/mol. The van der Waals surface area contributed by atoms with E-state index >= 15 is 0 Å². The van der Waals surface area contributed by atoms with Crippen LogP contribution in [0.1, 0.15) is 16.7 Å². The summed E-state index contributed by atoms with van der Waals surface area (Å²) in [5.41, 5.74) is 7.11. The summed E-state index contributed by atoms with van der Waals surface area (Å²) in [7, 11) is -0.390. The molecule has 1 heterocycles. The van der Waals surface area contributed by atoms with Crippen LogP contribution in [0.25, 0.3) is 5.70 Å². The number of rotatable bonds is 2. The lowest BCUT2D eigenvalue weighted by molar-refractivity contribution is 1.31. The SMILES string of the molecule is Cc1ccccc1C1=C[SH](c2ccccc2C)C=N1. The first-order valence-corrected chi connectivity index (χ1v) is 7.90. The van der Waals surface area contributed by atoms with E-state index in [4.69, 9.17) is 0 Å². The molecule has 2 aromatic carbocycles. The summed E-state index contributed by atoms with van der Waals surface area (Å²) in [5, 5.41) is 2.32. The van der Waals surface area contributed by atoms with E-state index < -0.39 is 10.9 Å². The molecule has 1 nitrogen and oxygen atoms in total. The molecule has 3 rings (SSSR count). The first-order valence-electron chi connectivity index (χ1n) is 6.42. The van der Waals surface area contributed by atoms with Gasteiger partial charge >= 0.3 is 0 Å². The molecule has 0 saturated carbocycles. The van der Waals surface area contributed by atoms with Gasteiger partial charge in [-0.1, -0.05) is 42.5 Å². The van der Waals surface area contributed by atoms with Gasteiger partial charge in [-0.05, 0) is 41.3 Å². The average molecular weight is 267 g/mol. The Bertz CT molecular complexity index is 670. The zero-order chi connectivity index (χ0) is 13.2. The molecule has 96 valence electrons. The van der Waals surface area contributed by atoms with E-state index in [1.54, 1.807) is 0 Å². The van der Waals surface area contributed by atoms with Crippen molar-refractivity contribution in [1.82, 2.24) is 0 Å². The number of benzene rings is 2. The summed E-state index contributed by atoms with van der Waals surface area (Å²) in [4.78, 5) is 6.04. The second-order valence-electron chi connectivity index (χ2n) is 4.77. The third-order valence-electron chi connectivity index (χ3n) is 3.40. The number of hydrogen-bond acceptors (Lipinski definition) is 1. The van der Waals surface area contributed by atoms with Crippen LogP contribution in [-0.4, -0.2) is 5.55 Å². The number of nitrogens with zero attached hydrogens (tertiary/aromatic N) is 1. The highest BCUT2D eigenvalue weighted by Gasteiger charge is 2.13. The van der Waals surface area contributed by atoms with Gasteiger partial charge in [0.2, 0.25) is 0 Å². The predicted octanol–water partition coefficient (Wildman–Crippen LogP) is 4.70. The van der Waals surface area contributed by atoms with E-state index in [2.05, 4.69) is 78.3 Å². The minimum Gasteiger partial charge on any atom is -0.250 e. The van der Waals surface area contributed by atoms with Crippen molar-refractivity contribution in [2.45, 2.75) is 18.7 Å². The van der Waals surface area contributed by atoms with Crippen molar-refractivity contribution in [3.63, 3.8) is 0 Å². The van der Waals surface area contributed by atoms with Crippen LogP contribution in [0.15, 0.2) is 63.8 Å². The standard InChI is InChI=1S/C17H17NS/c1-13-7-3-5-9-15(13)16-11-19(12-18-16)17-10-6-4-8-14(17)2/h3-12,19H,1-2H3. The Morgan fingerprint density at radius 3 is 2.26 bits per heavy atom. The van der Waals surface area contributed by atoms with Crippen LogP contribution in [-0.2, 0) is 0 Å². The third-order valence-corrected chi connectivity index (χ3v) is 5.34. The smallest absolute Gasteiger partial charge is 0.0762 e. The first-order chi connectivity index (χ1) is 9.25. The lowest BCUT2D eigenvalue weighted by Crippen LogP contribution is -1.84. The second-order valence-corrected chi connectivity index (χ2v) is 6.55. The summed E-state index contributed by atoms with van der Waals surface area (Å²) in [6.45, 7) is 4.31. The van der Waals surface area contributed by atoms with E-state index in [1.807, 2.05) is 0 Å². The highest BCUT2D eigenvalue weighted by Crippen LogP contribution is 2.44. The number of aryl methyl sites for hydroxylation is 2. The Kier molecular flexibility index (Phi) is 3.26. The largest absolute Gasteiger partial charge is 0.250 e. The Balaban J connectivity index is 1.97. The van der Waals surface area contributed by atoms with E-state index in [0.29, 0.717) is 0 Å². The minimum atomic E-state index is -0.390. The van der Waals surface area contributed by atoms with Crippen LogP contribution in [0.2, 0.25) is 0 Å². The van der Waals surface area contributed by atoms with E-state index in [1.165, 1.54) is 21.6 Å². The molecule has 19 heavy (non-hydrogen) atoms. The van der Waals surface area contributed by atoms with Crippen molar-refractivity contribution >= 4 is 22.1 Å². The Labute approximate surface area is 117 Å². The first kappa shape index (κ1) is 12.2. The topological polar surface area (TPSA) is 12.4 Å². The van der Waals surface area contributed by atoms with E-state index in [0.717, 1.165) is 5.70 Å². The van der Waals surface area contributed by atoms with Crippen molar-refractivity contribution in [2.24, 2.45) is 4.99 Å². The van der Waals surface area contributed by atoms with Crippen molar-refractivity contribution < 1.29 is 0 Å². The molecule has 1 aliphatic heterocycles.